The van der Waals surface area contributed by atoms with Gasteiger partial charge in [-0.1, -0.05) is 12.1 Å². The van der Waals surface area contributed by atoms with Crippen molar-refractivity contribution in [1.29, 1.82) is 0 Å². The van der Waals surface area contributed by atoms with Gasteiger partial charge in [-0.05, 0) is 44.4 Å². The summed E-state index contributed by atoms with van der Waals surface area (Å²) in [5, 5.41) is 6.65. The van der Waals surface area contributed by atoms with Crippen LogP contribution >= 0.6 is 24.0 Å². The molecule has 0 atom stereocenters. The molecule has 0 spiro atoms. The van der Waals surface area contributed by atoms with E-state index in [1.807, 2.05) is 27.0 Å². The average Bonchev–Trinajstić information content (AvgIpc) is 2.67. The molecule has 2 aromatic rings. The normalized spacial score (nSPS) is 10.9. The molecular weight excluding hydrogens is 467 g/mol. The summed E-state index contributed by atoms with van der Waals surface area (Å²) in [7, 11) is 5.15. The van der Waals surface area contributed by atoms with Crippen LogP contribution in [0.2, 0.25) is 0 Å². The predicted molar refractivity (Wildman–Crippen MR) is 125 cm³/mol. The molecule has 0 bridgehead atoms. The second-order valence-corrected chi connectivity index (χ2v) is 6.45. The molecule has 1 aromatic heterocycles. The molecule has 0 unspecified atom stereocenters. The Hall–Kier alpha value is -2.03. The van der Waals surface area contributed by atoms with Crippen LogP contribution in [-0.4, -0.2) is 38.8 Å². The lowest BCUT2D eigenvalue weighted by Gasteiger charge is -2.15. The van der Waals surface area contributed by atoms with Crippen molar-refractivity contribution in [3.05, 3.63) is 52.3 Å². The first kappa shape index (κ1) is 24.0. The lowest BCUT2D eigenvalue weighted by Crippen LogP contribution is -2.38. The molecule has 1 heterocycles. The maximum Gasteiger partial charge on any atom is 0.191 e. The van der Waals surface area contributed by atoms with Gasteiger partial charge in [-0.3, -0.25) is 9.98 Å². The van der Waals surface area contributed by atoms with Crippen LogP contribution in [-0.2, 0) is 13.0 Å². The van der Waals surface area contributed by atoms with Gasteiger partial charge in [-0.25, -0.2) is 0 Å². The highest BCUT2D eigenvalue weighted by atomic mass is 127. The standard InChI is InChI=1S/C21H30N4O2.HI/c1-14-7-8-17(11-19(14)26-5)9-10-23-21(22-4)25-13-18-16(3)20(27-6)15(2)12-24-18;/h7-8,11-12H,9-10,13H2,1-6H3,(H2,22,23,25);1H. The van der Waals surface area contributed by atoms with E-state index in [1.54, 1.807) is 21.3 Å². The van der Waals surface area contributed by atoms with E-state index in [4.69, 9.17) is 9.47 Å². The van der Waals surface area contributed by atoms with Crippen LogP contribution in [0.25, 0.3) is 0 Å². The van der Waals surface area contributed by atoms with E-state index in [-0.39, 0.29) is 24.0 Å². The number of halogens is 1. The molecule has 2 N–H and O–H groups in total. The number of ether oxygens (including phenoxy) is 2. The summed E-state index contributed by atoms with van der Waals surface area (Å²) in [4.78, 5) is 8.79. The first-order chi connectivity index (χ1) is 13.0. The van der Waals surface area contributed by atoms with Crippen LogP contribution in [0.15, 0.2) is 29.4 Å². The van der Waals surface area contributed by atoms with Crippen LogP contribution in [0, 0.1) is 20.8 Å². The largest absolute Gasteiger partial charge is 0.496 e. The molecule has 1 aromatic carbocycles. The Morgan fingerprint density at radius 1 is 1.07 bits per heavy atom. The number of pyridine rings is 1. The molecule has 7 heteroatoms. The van der Waals surface area contributed by atoms with Gasteiger partial charge >= 0.3 is 0 Å². The summed E-state index contributed by atoms with van der Waals surface area (Å²) in [5.41, 5.74) is 5.40. The zero-order chi connectivity index (χ0) is 19.8. The van der Waals surface area contributed by atoms with E-state index in [0.717, 1.165) is 52.8 Å². The van der Waals surface area contributed by atoms with Crippen molar-refractivity contribution in [2.75, 3.05) is 27.8 Å². The third kappa shape index (κ3) is 6.25. The van der Waals surface area contributed by atoms with Crippen LogP contribution in [0.5, 0.6) is 11.5 Å². The van der Waals surface area contributed by atoms with Crippen molar-refractivity contribution in [2.45, 2.75) is 33.7 Å². The molecule has 0 saturated heterocycles. The number of guanidine groups is 1. The van der Waals surface area contributed by atoms with Crippen molar-refractivity contribution in [3.63, 3.8) is 0 Å². The van der Waals surface area contributed by atoms with E-state index in [2.05, 4.69) is 38.8 Å². The van der Waals surface area contributed by atoms with Crippen LogP contribution in [0.4, 0.5) is 0 Å². The van der Waals surface area contributed by atoms with Gasteiger partial charge in [0.2, 0.25) is 0 Å². The number of hydrogen-bond donors (Lipinski definition) is 2. The molecular formula is C21H31IN4O2. The van der Waals surface area contributed by atoms with Crippen LogP contribution < -0.4 is 20.1 Å². The molecule has 0 aliphatic carbocycles. The Labute approximate surface area is 185 Å². The Kier molecular flexibility index (Phi) is 10.1. The summed E-state index contributed by atoms with van der Waals surface area (Å²) in [5.74, 6) is 2.55. The minimum atomic E-state index is 0. The summed E-state index contributed by atoms with van der Waals surface area (Å²) >= 11 is 0. The smallest absolute Gasteiger partial charge is 0.191 e. The minimum absolute atomic E-state index is 0. The SMILES string of the molecule is CN=C(NCCc1ccc(C)c(OC)c1)NCc1ncc(C)c(OC)c1C.I. The first-order valence-electron chi connectivity index (χ1n) is 9.07. The predicted octanol–water partition coefficient (Wildman–Crippen LogP) is 3.55. The molecule has 0 fully saturated rings. The fourth-order valence-electron chi connectivity index (χ4n) is 2.98. The van der Waals surface area contributed by atoms with Gasteiger partial charge < -0.3 is 20.1 Å². The second-order valence-electron chi connectivity index (χ2n) is 6.45. The lowest BCUT2D eigenvalue weighted by atomic mass is 10.1. The third-order valence-corrected chi connectivity index (χ3v) is 4.58. The average molecular weight is 498 g/mol. The van der Waals surface area contributed by atoms with Gasteiger partial charge in [0, 0.05) is 30.9 Å². The van der Waals surface area contributed by atoms with E-state index >= 15 is 0 Å². The van der Waals surface area contributed by atoms with Gasteiger partial charge in [-0.2, -0.15) is 0 Å². The maximum absolute atomic E-state index is 5.47. The van der Waals surface area contributed by atoms with Crippen molar-refractivity contribution >= 4 is 29.9 Å². The number of aromatic nitrogens is 1. The van der Waals surface area contributed by atoms with Gasteiger partial charge in [0.15, 0.2) is 5.96 Å². The zero-order valence-electron chi connectivity index (χ0n) is 17.5. The Morgan fingerprint density at radius 2 is 1.82 bits per heavy atom. The van der Waals surface area contributed by atoms with Crippen molar-refractivity contribution in [1.82, 2.24) is 15.6 Å². The molecule has 154 valence electrons. The van der Waals surface area contributed by atoms with E-state index in [0.29, 0.717) is 6.54 Å². The summed E-state index contributed by atoms with van der Waals surface area (Å²) in [6.45, 7) is 7.42. The number of nitrogens with one attached hydrogen (secondary N) is 2. The molecule has 0 amide bonds. The maximum atomic E-state index is 5.47. The van der Waals surface area contributed by atoms with Crippen molar-refractivity contribution in [2.24, 2.45) is 4.99 Å². The first-order valence-corrected chi connectivity index (χ1v) is 9.07. The van der Waals surface area contributed by atoms with E-state index in [1.165, 1.54) is 5.56 Å². The minimum Gasteiger partial charge on any atom is -0.496 e. The van der Waals surface area contributed by atoms with Gasteiger partial charge in [-0.15, -0.1) is 24.0 Å². The Morgan fingerprint density at radius 3 is 2.46 bits per heavy atom. The van der Waals surface area contributed by atoms with Gasteiger partial charge in [0.1, 0.15) is 11.5 Å². The number of aryl methyl sites for hydroxylation is 2. The molecule has 0 aliphatic heterocycles. The second kappa shape index (κ2) is 11.7. The number of nitrogens with zero attached hydrogens (tertiary/aromatic N) is 2. The van der Waals surface area contributed by atoms with E-state index in [9.17, 15) is 0 Å². The topological polar surface area (TPSA) is 67.8 Å². The Balaban J connectivity index is 0.00000392. The van der Waals surface area contributed by atoms with Crippen LogP contribution in [0.3, 0.4) is 0 Å². The summed E-state index contributed by atoms with van der Waals surface area (Å²) in [6, 6.07) is 6.29. The number of aliphatic imine (C=N–C) groups is 1. The number of rotatable bonds is 7. The Bertz CT molecular complexity index is 809. The quantitative estimate of drug-likeness (QED) is 0.347. The van der Waals surface area contributed by atoms with Crippen LogP contribution in [0.1, 0.15) is 27.9 Å². The molecule has 0 saturated carbocycles. The molecule has 28 heavy (non-hydrogen) atoms. The lowest BCUT2D eigenvalue weighted by molar-refractivity contribution is 0.406. The monoisotopic (exact) mass is 498 g/mol. The number of methoxy groups -OCH3 is 2. The van der Waals surface area contributed by atoms with E-state index < -0.39 is 0 Å². The highest BCUT2D eigenvalue weighted by Gasteiger charge is 2.10. The molecule has 0 radical (unpaired) electrons. The highest BCUT2D eigenvalue weighted by Crippen LogP contribution is 2.23. The number of benzene rings is 1. The van der Waals surface area contributed by atoms with Gasteiger partial charge in [0.05, 0.1) is 26.5 Å². The highest BCUT2D eigenvalue weighted by molar-refractivity contribution is 14.0. The zero-order valence-corrected chi connectivity index (χ0v) is 19.9. The fourth-order valence-corrected chi connectivity index (χ4v) is 2.98. The summed E-state index contributed by atoms with van der Waals surface area (Å²) in [6.07, 6.45) is 2.72. The molecule has 0 aliphatic rings. The number of hydrogen-bond acceptors (Lipinski definition) is 4. The fraction of sp³-hybridized carbons (Fsp3) is 0.429. The van der Waals surface area contributed by atoms with Gasteiger partial charge in [0.25, 0.3) is 0 Å². The third-order valence-electron chi connectivity index (χ3n) is 4.58. The van der Waals surface area contributed by atoms with Crippen molar-refractivity contribution in [3.8, 4) is 11.5 Å². The molecule has 6 nitrogen and oxygen atoms in total. The van der Waals surface area contributed by atoms with Crippen molar-refractivity contribution < 1.29 is 9.47 Å². The summed E-state index contributed by atoms with van der Waals surface area (Å²) < 4.78 is 10.9. The molecule has 2 rings (SSSR count).